The van der Waals surface area contributed by atoms with Crippen molar-refractivity contribution in [1.82, 2.24) is 15.1 Å². The summed E-state index contributed by atoms with van der Waals surface area (Å²) in [5, 5.41) is 4.76. The molecule has 1 atom stereocenters. The molecule has 0 aliphatic carbocycles. The molecule has 1 aliphatic rings. The Kier molecular flexibility index (Phi) is 7.12. The van der Waals surface area contributed by atoms with E-state index in [2.05, 4.69) is 27.5 Å². The van der Waals surface area contributed by atoms with Crippen LogP contribution in [-0.2, 0) is 9.59 Å². The summed E-state index contributed by atoms with van der Waals surface area (Å²) in [6.45, 7) is 5.74. The van der Waals surface area contributed by atoms with E-state index >= 15 is 0 Å². The van der Waals surface area contributed by atoms with Gasteiger partial charge in [-0.1, -0.05) is 29.8 Å². The molecule has 2 aromatic rings. The van der Waals surface area contributed by atoms with Crippen LogP contribution in [0.2, 0.25) is 0 Å². The van der Waals surface area contributed by atoms with Crippen molar-refractivity contribution in [2.75, 3.05) is 45.1 Å². The predicted molar refractivity (Wildman–Crippen MR) is 111 cm³/mol. The summed E-state index contributed by atoms with van der Waals surface area (Å²) in [7, 11) is 2.07. The number of rotatable bonds is 5. The largest absolute Gasteiger partial charge is 0.346 e. The summed E-state index contributed by atoms with van der Waals surface area (Å²) >= 11 is 0. The van der Waals surface area contributed by atoms with Crippen LogP contribution in [0.15, 0.2) is 42.5 Å². The van der Waals surface area contributed by atoms with Crippen molar-refractivity contribution in [2.45, 2.75) is 13.0 Å². The number of anilines is 1. The summed E-state index contributed by atoms with van der Waals surface area (Å²) in [4.78, 5) is 29.0. The van der Waals surface area contributed by atoms with Crippen LogP contribution in [0.5, 0.6) is 0 Å². The number of nitrogens with zero attached hydrogens (tertiary/aromatic N) is 2. The van der Waals surface area contributed by atoms with E-state index in [9.17, 15) is 18.4 Å². The topological polar surface area (TPSA) is 64.7 Å². The van der Waals surface area contributed by atoms with E-state index in [0.717, 1.165) is 55.5 Å². The average molecular weight is 416 g/mol. The minimum atomic E-state index is -1.04. The first-order chi connectivity index (χ1) is 14.3. The Labute approximate surface area is 174 Å². The molecule has 30 heavy (non-hydrogen) atoms. The Bertz CT molecular complexity index is 897. The predicted octanol–water partition coefficient (Wildman–Crippen LogP) is 2.32. The number of carbonyl (C=O) groups excluding carboxylic acids is 2. The van der Waals surface area contributed by atoms with Crippen molar-refractivity contribution < 1.29 is 18.4 Å². The second kappa shape index (κ2) is 9.77. The van der Waals surface area contributed by atoms with Crippen molar-refractivity contribution in [3.8, 4) is 0 Å². The maximum absolute atomic E-state index is 13.7. The molecular formula is C22H26F2N4O2. The Morgan fingerprint density at radius 1 is 1.00 bits per heavy atom. The molecule has 160 valence electrons. The molecule has 0 saturated carbocycles. The van der Waals surface area contributed by atoms with Crippen LogP contribution in [0, 0.1) is 18.6 Å². The number of hydrogen-bond acceptors (Lipinski definition) is 4. The highest BCUT2D eigenvalue weighted by Crippen LogP contribution is 2.22. The maximum Gasteiger partial charge on any atom is 0.313 e. The number of likely N-dealkylation sites (N-methyl/N-ethyl adjacent to an activating group) is 1. The minimum absolute atomic E-state index is 0.0954. The number of aryl methyl sites for hydroxylation is 1. The standard InChI is InChI=1S/C22H26F2N4O2/c1-15-3-5-16(6-4-15)20(28-11-9-27(2)10-12-28)14-25-21(29)22(30)26-19-13-17(23)7-8-18(19)24/h3-8,13,20H,9-12,14H2,1-2H3,(H,25,29)(H,26,30)/t20-/m1/s1. The van der Waals surface area contributed by atoms with Gasteiger partial charge >= 0.3 is 11.8 Å². The van der Waals surface area contributed by atoms with Gasteiger partial charge in [0.1, 0.15) is 11.6 Å². The third-order valence-electron chi connectivity index (χ3n) is 5.28. The minimum Gasteiger partial charge on any atom is -0.346 e. The van der Waals surface area contributed by atoms with E-state index in [1.807, 2.05) is 31.2 Å². The van der Waals surface area contributed by atoms with Gasteiger partial charge in [0.25, 0.3) is 0 Å². The van der Waals surface area contributed by atoms with Crippen molar-refractivity contribution in [3.05, 3.63) is 65.2 Å². The zero-order valence-corrected chi connectivity index (χ0v) is 17.1. The van der Waals surface area contributed by atoms with Crippen LogP contribution in [0.4, 0.5) is 14.5 Å². The van der Waals surface area contributed by atoms with Crippen molar-refractivity contribution in [3.63, 3.8) is 0 Å². The molecule has 1 aliphatic heterocycles. The molecule has 8 heteroatoms. The van der Waals surface area contributed by atoms with E-state index in [-0.39, 0.29) is 18.3 Å². The second-order valence-corrected chi connectivity index (χ2v) is 7.55. The van der Waals surface area contributed by atoms with Gasteiger partial charge in [0.2, 0.25) is 0 Å². The summed E-state index contributed by atoms with van der Waals surface area (Å²) in [6.07, 6.45) is 0. The molecule has 0 unspecified atom stereocenters. The third-order valence-corrected chi connectivity index (χ3v) is 5.28. The van der Waals surface area contributed by atoms with Gasteiger partial charge in [0.05, 0.1) is 11.7 Å². The lowest BCUT2D eigenvalue weighted by Gasteiger charge is -2.38. The van der Waals surface area contributed by atoms with E-state index in [4.69, 9.17) is 0 Å². The van der Waals surface area contributed by atoms with Gasteiger partial charge in [0, 0.05) is 38.8 Å². The van der Waals surface area contributed by atoms with Gasteiger partial charge in [-0.05, 0) is 31.7 Å². The molecule has 1 fully saturated rings. The Morgan fingerprint density at radius 2 is 1.67 bits per heavy atom. The molecule has 3 rings (SSSR count). The van der Waals surface area contributed by atoms with Gasteiger partial charge in [0.15, 0.2) is 0 Å². The normalized spacial score (nSPS) is 16.1. The number of amides is 2. The molecular weight excluding hydrogens is 390 g/mol. The van der Waals surface area contributed by atoms with E-state index in [0.29, 0.717) is 0 Å². The summed E-state index contributed by atoms with van der Waals surface area (Å²) in [6, 6.07) is 10.6. The first kappa shape index (κ1) is 21.9. The second-order valence-electron chi connectivity index (χ2n) is 7.55. The first-order valence-electron chi connectivity index (χ1n) is 9.87. The van der Waals surface area contributed by atoms with Gasteiger partial charge in [-0.15, -0.1) is 0 Å². The zero-order valence-electron chi connectivity index (χ0n) is 17.1. The summed E-state index contributed by atoms with van der Waals surface area (Å²) in [5.41, 5.74) is 1.81. The summed E-state index contributed by atoms with van der Waals surface area (Å²) in [5.74, 6) is -3.46. The van der Waals surface area contributed by atoms with E-state index in [1.165, 1.54) is 0 Å². The highest BCUT2D eigenvalue weighted by molar-refractivity contribution is 6.39. The molecule has 0 radical (unpaired) electrons. The highest BCUT2D eigenvalue weighted by atomic mass is 19.1. The lowest BCUT2D eigenvalue weighted by Crippen LogP contribution is -2.49. The van der Waals surface area contributed by atoms with Crippen molar-refractivity contribution in [2.24, 2.45) is 0 Å². The van der Waals surface area contributed by atoms with Crippen LogP contribution in [0.25, 0.3) is 0 Å². The Hall–Kier alpha value is -2.84. The number of hydrogen-bond donors (Lipinski definition) is 2. The molecule has 1 saturated heterocycles. The van der Waals surface area contributed by atoms with Crippen LogP contribution in [0.1, 0.15) is 17.2 Å². The monoisotopic (exact) mass is 416 g/mol. The molecule has 2 aromatic carbocycles. The highest BCUT2D eigenvalue weighted by Gasteiger charge is 2.25. The number of piperazine rings is 1. The SMILES string of the molecule is Cc1ccc([C@@H](CNC(=O)C(=O)Nc2cc(F)ccc2F)N2CCN(C)CC2)cc1. The fraction of sp³-hybridized carbons (Fsp3) is 0.364. The van der Waals surface area contributed by atoms with E-state index in [1.54, 1.807) is 0 Å². The lowest BCUT2D eigenvalue weighted by molar-refractivity contribution is -0.136. The maximum atomic E-state index is 13.7. The molecule has 0 spiro atoms. The van der Waals surface area contributed by atoms with Gasteiger partial charge in [-0.25, -0.2) is 8.78 Å². The smallest absolute Gasteiger partial charge is 0.313 e. The Morgan fingerprint density at radius 3 is 2.33 bits per heavy atom. The molecule has 0 bridgehead atoms. The van der Waals surface area contributed by atoms with Gasteiger partial charge in [-0.3, -0.25) is 14.5 Å². The van der Waals surface area contributed by atoms with Crippen LogP contribution >= 0.6 is 0 Å². The van der Waals surface area contributed by atoms with Crippen LogP contribution < -0.4 is 10.6 Å². The quantitative estimate of drug-likeness (QED) is 0.735. The fourth-order valence-corrected chi connectivity index (χ4v) is 3.42. The Balaban J connectivity index is 1.66. The number of carbonyl (C=O) groups is 2. The summed E-state index contributed by atoms with van der Waals surface area (Å²) < 4.78 is 27.0. The molecule has 0 aromatic heterocycles. The van der Waals surface area contributed by atoms with Crippen molar-refractivity contribution in [1.29, 1.82) is 0 Å². The number of nitrogens with one attached hydrogen (secondary N) is 2. The van der Waals surface area contributed by atoms with E-state index < -0.39 is 23.4 Å². The fourth-order valence-electron chi connectivity index (χ4n) is 3.42. The molecule has 1 heterocycles. The third kappa shape index (κ3) is 5.61. The van der Waals surface area contributed by atoms with Crippen molar-refractivity contribution >= 4 is 17.5 Å². The first-order valence-corrected chi connectivity index (χ1v) is 9.87. The van der Waals surface area contributed by atoms with Gasteiger partial charge in [-0.2, -0.15) is 0 Å². The van der Waals surface area contributed by atoms with Crippen LogP contribution in [0.3, 0.4) is 0 Å². The molecule has 6 nitrogen and oxygen atoms in total. The molecule has 2 N–H and O–H groups in total. The average Bonchev–Trinajstić information content (AvgIpc) is 2.73. The van der Waals surface area contributed by atoms with Crippen LogP contribution in [-0.4, -0.2) is 61.4 Å². The lowest BCUT2D eigenvalue weighted by atomic mass is 10.0. The zero-order chi connectivity index (χ0) is 21.7. The number of benzene rings is 2. The number of halogens is 2. The molecule has 2 amide bonds. The van der Waals surface area contributed by atoms with Gasteiger partial charge < -0.3 is 15.5 Å².